The highest BCUT2D eigenvalue weighted by Gasteiger charge is 2.19. The van der Waals surface area contributed by atoms with Crippen molar-refractivity contribution in [3.05, 3.63) is 29.6 Å². The maximum atomic E-state index is 13.4. The SMILES string of the molecule is CCCC(Oc1ccc(C#N)cc1F)C(=O)O. The summed E-state index contributed by atoms with van der Waals surface area (Å²) >= 11 is 0. The Balaban J connectivity index is 2.87. The highest BCUT2D eigenvalue weighted by atomic mass is 19.1. The fraction of sp³-hybridized carbons (Fsp3) is 0.333. The van der Waals surface area contributed by atoms with Crippen molar-refractivity contribution in [2.75, 3.05) is 0 Å². The van der Waals surface area contributed by atoms with Crippen LogP contribution in [0.2, 0.25) is 0 Å². The number of hydrogen-bond acceptors (Lipinski definition) is 3. The third kappa shape index (κ3) is 3.45. The molecular formula is C12H12FNO3. The zero-order valence-corrected chi connectivity index (χ0v) is 9.31. The minimum Gasteiger partial charge on any atom is -0.479 e. The zero-order valence-electron chi connectivity index (χ0n) is 9.31. The molecule has 1 N–H and O–H groups in total. The van der Waals surface area contributed by atoms with Crippen LogP contribution >= 0.6 is 0 Å². The van der Waals surface area contributed by atoms with E-state index in [2.05, 4.69) is 0 Å². The number of benzene rings is 1. The average molecular weight is 237 g/mol. The normalized spacial score (nSPS) is 11.6. The Morgan fingerprint density at radius 2 is 2.35 bits per heavy atom. The number of ether oxygens (including phenoxy) is 1. The maximum absolute atomic E-state index is 13.4. The summed E-state index contributed by atoms with van der Waals surface area (Å²) in [5.41, 5.74) is 0.164. The molecule has 0 aliphatic carbocycles. The van der Waals surface area contributed by atoms with Crippen LogP contribution in [0.1, 0.15) is 25.3 Å². The van der Waals surface area contributed by atoms with Crippen LogP contribution in [0.5, 0.6) is 5.75 Å². The smallest absolute Gasteiger partial charge is 0.344 e. The molecule has 17 heavy (non-hydrogen) atoms. The van der Waals surface area contributed by atoms with Gasteiger partial charge in [0, 0.05) is 0 Å². The minimum absolute atomic E-state index is 0.148. The number of carboxylic acids is 1. The van der Waals surface area contributed by atoms with Crippen LogP contribution in [-0.4, -0.2) is 17.2 Å². The monoisotopic (exact) mass is 237 g/mol. The van der Waals surface area contributed by atoms with Crippen molar-refractivity contribution in [3.8, 4) is 11.8 Å². The predicted octanol–water partition coefficient (Wildman–Crippen LogP) is 2.33. The third-order valence-electron chi connectivity index (χ3n) is 2.16. The molecule has 0 saturated carbocycles. The number of rotatable bonds is 5. The molecule has 0 aliphatic rings. The molecule has 1 unspecified atom stereocenters. The van der Waals surface area contributed by atoms with Gasteiger partial charge in [-0.25, -0.2) is 9.18 Å². The Labute approximate surface area is 98.2 Å². The van der Waals surface area contributed by atoms with E-state index in [1.165, 1.54) is 12.1 Å². The fourth-order valence-electron chi connectivity index (χ4n) is 1.31. The van der Waals surface area contributed by atoms with Crippen LogP contribution in [0.4, 0.5) is 4.39 Å². The van der Waals surface area contributed by atoms with Gasteiger partial charge in [0.05, 0.1) is 11.6 Å². The van der Waals surface area contributed by atoms with Crippen LogP contribution in [0.15, 0.2) is 18.2 Å². The lowest BCUT2D eigenvalue weighted by Gasteiger charge is -2.14. The van der Waals surface area contributed by atoms with E-state index < -0.39 is 17.9 Å². The summed E-state index contributed by atoms with van der Waals surface area (Å²) in [4.78, 5) is 10.8. The van der Waals surface area contributed by atoms with E-state index in [0.717, 1.165) is 6.07 Å². The summed E-state index contributed by atoms with van der Waals surface area (Å²) in [6.45, 7) is 1.81. The Kier molecular flexibility index (Phi) is 4.46. The highest BCUT2D eigenvalue weighted by molar-refractivity contribution is 5.72. The molecule has 90 valence electrons. The van der Waals surface area contributed by atoms with Crippen LogP contribution in [0.3, 0.4) is 0 Å². The molecule has 0 aliphatic heterocycles. The van der Waals surface area contributed by atoms with E-state index in [4.69, 9.17) is 15.1 Å². The topological polar surface area (TPSA) is 70.3 Å². The van der Waals surface area contributed by atoms with Gasteiger partial charge in [-0.05, 0) is 24.6 Å². The van der Waals surface area contributed by atoms with E-state index in [1.54, 1.807) is 6.07 Å². The van der Waals surface area contributed by atoms with Crippen molar-refractivity contribution in [2.24, 2.45) is 0 Å². The largest absolute Gasteiger partial charge is 0.479 e. The number of nitrogens with zero attached hydrogens (tertiary/aromatic N) is 1. The Morgan fingerprint density at radius 3 is 2.82 bits per heavy atom. The number of hydrogen-bond donors (Lipinski definition) is 1. The van der Waals surface area contributed by atoms with Gasteiger partial charge >= 0.3 is 5.97 Å². The summed E-state index contributed by atoms with van der Waals surface area (Å²) in [6.07, 6.45) is -0.147. The maximum Gasteiger partial charge on any atom is 0.344 e. The first-order chi connectivity index (χ1) is 8.08. The van der Waals surface area contributed by atoms with Gasteiger partial charge in [-0.1, -0.05) is 13.3 Å². The van der Waals surface area contributed by atoms with Crippen molar-refractivity contribution < 1.29 is 19.0 Å². The highest BCUT2D eigenvalue weighted by Crippen LogP contribution is 2.20. The molecule has 1 rings (SSSR count). The molecule has 0 heterocycles. The lowest BCUT2D eigenvalue weighted by molar-refractivity contribution is -0.145. The summed E-state index contributed by atoms with van der Waals surface area (Å²) in [5, 5.41) is 17.4. The first-order valence-corrected chi connectivity index (χ1v) is 5.17. The Hall–Kier alpha value is -2.09. The first kappa shape index (κ1) is 13.0. The quantitative estimate of drug-likeness (QED) is 0.853. The van der Waals surface area contributed by atoms with Gasteiger partial charge in [0.1, 0.15) is 0 Å². The van der Waals surface area contributed by atoms with Gasteiger partial charge in [-0.2, -0.15) is 5.26 Å². The molecule has 0 radical (unpaired) electrons. The summed E-state index contributed by atoms with van der Waals surface area (Å²) < 4.78 is 18.5. The van der Waals surface area contributed by atoms with Gasteiger partial charge in [0.25, 0.3) is 0 Å². The molecule has 1 aromatic rings. The molecule has 0 aromatic heterocycles. The second-order valence-electron chi connectivity index (χ2n) is 3.49. The molecule has 0 fully saturated rings. The van der Waals surface area contributed by atoms with E-state index in [0.29, 0.717) is 12.8 Å². The lowest BCUT2D eigenvalue weighted by atomic mass is 10.2. The molecule has 0 saturated heterocycles. The van der Waals surface area contributed by atoms with Gasteiger partial charge in [-0.3, -0.25) is 0 Å². The summed E-state index contributed by atoms with van der Waals surface area (Å²) in [6, 6.07) is 5.44. The van der Waals surface area contributed by atoms with Gasteiger partial charge < -0.3 is 9.84 Å². The molecule has 0 spiro atoms. The number of halogens is 1. The molecule has 5 heteroatoms. The number of carboxylic acid groups (broad SMARTS) is 1. The van der Waals surface area contributed by atoms with Crippen molar-refractivity contribution in [1.29, 1.82) is 5.26 Å². The molecule has 0 amide bonds. The second-order valence-corrected chi connectivity index (χ2v) is 3.49. The van der Waals surface area contributed by atoms with Crippen molar-refractivity contribution in [3.63, 3.8) is 0 Å². The number of aliphatic carboxylic acids is 1. The van der Waals surface area contributed by atoms with E-state index in [-0.39, 0.29) is 11.3 Å². The van der Waals surface area contributed by atoms with E-state index in [1.807, 2.05) is 6.92 Å². The zero-order chi connectivity index (χ0) is 12.8. The van der Waals surface area contributed by atoms with Crippen LogP contribution in [0.25, 0.3) is 0 Å². The summed E-state index contributed by atoms with van der Waals surface area (Å²) in [5.74, 6) is -2.01. The van der Waals surface area contributed by atoms with E-state index in [9.17, 15) is 9.18 Å². The van der Waals surface area contributed by atoms with Crippen LogP contribution < -0.4 is 4.74 Å². The fourth-order valence-corrected chi connectivity index (χ4v) is 1.31. The van der Waals surface area contributed by atoms with Gasteiger partial charge in [0.2, 0.25) is 0 Å². The minimum atomic E-state index is -1.13. The molecular weight excluding hydrogens is 225 g/mol. The molecule has 1 atom stereocenters. The average Bonchev–Trinajstić information content (AvgIpc) is 2.30. The van der Waals surface area contributed by atoms with Crippen molar-refractivity contribution in [1.82, 2.24) is 0 Å². The first-order valence-electron chi connectivity index (χ1n) is 5.17. The molecule has 4 nitrogen and oxygen atoms in total. The van der Waals surface area contributed by atoms with Gasteiger partial charge in [-0.15, -0.1) is 0 Å². The van der Waals surface area contributed by atoms with Gasteiger partial charge in [0.15, 0.2) is 17.7 Å². The van der Waals surface area contributed by atoms with Crippen molar-refractivity contribution in [2.45, 2.75) is 25.9 Å². The van der Waals surface area contributed by atoms with Crippen molar-refractivity contribution >= 4 is 5.97 Å². The third-order valence-corrected chi connectivity index (χ3v) is 2.16. The van der Waals surface area contributed by atoms with E-state index >= 15 is 0 Å². The summed E-state index contributed by atoms with van der Waals surface area (Å²) in [7, 11) is 0. The predicted molar refractivity (Wildman–Crippen MR) is 58.1 cm³/mol. The number of nitriles is 1. The van der Waals surface area contributed by atoms with Crippen LogP contribution in [0, 0.1) is 17.1 Å². The lowest BCUT2D eigenvalue weighted by Crippen LogP contribution is -2.27. The van der Waals surface area contributed by atoms with Crippen LogP contribution in [-0.2, 0) is 4.79 Å². The molecule has 0 bridgehead atoms. The Morgan fingerprint density at radius 1 is 1.65 bits per heavy atom. The Bertz CT molecular complexity index is 454. The number of carbonyl (C=O) groups is 1. The standard InChI is InChI=1S/C12H12FNO3/c1-2-3-11(12(15)16)17-10-5-4-8(7-14)6-9(10)13/h4-6,11H,2-3H2,1H3,(H,15,16). The second kappa shape index (κ2) is 5.85. The molecule has 1 aromatic carbocycles.